The molecule has 0 spiro atoms. The molecule has 0 radical (unpaired) electrons. The summed E-state index contributed by atoms with van der Waals surface area (Å²) < 4.78 is 0. The molecule has 0 aliphatic carbocycles. The van der Waals surface area contributed by atoms with E-state index in [1.54, 1.807) is 12.1 Å². The second-order valence-corrected chi connectivity index (χ2v) is 7.92. The lowest BCUT2D eigenvalue weighted by Crippen LogP contribution is -3.15. The zero-order chi connectivity index (χ0) is 21.8. The summed E-state index contributed by atoms with van der Waals surface area (Å²) in [6.45, 7) is 4.58. The van der Waals surface area contributed by atoms with Gasteiger partial charge in [0.1, 0.15) is 11.7 Å². The highest BCUT2D eigenvalue weighted by molar-refractivity contribution is 5.95. The quantitative estimate of drug-likeness (QED) is 0.380. The largest absolute Gasteiger partial charge is 0.355 e. The van der Waals surface area contributed by atoms with Gasteiger partial charge in [-0.25, -0.2) is 0 Å². The van der Waals surface area contributed by atoms with Crippen molar-refractivity contribution in [3.8, 4) is 0 Å². The molecule has 1 heterocycles. The van der Waals surface area contributed by atoms with Crippen molar-refractivity contribution in [3.63, 3.8) is 0 Å². The number of rotatable bonds is 6. The molecule has 6 heteroatoms. The minimum atomic E-state index is -0.391. The van der Waals surface area contributed by atoms with Gasteiger partial charge in [0, 0.05) is 22.8 Å². The van der Waals surface area contributed by atoms with E-state index in [4.69, 9.17) is 0 Å². The van der Waals surface area contributed by atoms with Crippen molar-refractivity contribution < 1.29 is 14.6 Å². The second-order valence-electron chi connectivity index (χ2n) is 7.92. The van der Waals surface area contributed by atoms with E-state index in [0.29, 0.717) is 24.3 Å². The monoisotopic (exact) mass is 416 g/mol. The lowest BCUT2D eigenvalue weighted by molar-refractivity contribution is -0.926. The van der Waals surface area contributed by atoms with Gasteiger partial charge in [-0.15, -0.1) is 0 Å². The van der Waals surface area contributed by atoms with Gasteiger partial charge in [0.05, 0.1) is 31.1 Å². The maximum atomic E-state index is 11.7. The summed E-state index contributed by atoms with van der Waals surface area (Å²) in [5.41, 5.74) is 3.50. The Kier molecular flexibility index (Phi) is 6.09. The number of carbonyl (C=O) groups excluding carboxylic acids is 1. The number of piperazine rings is 1. The number of benzene rings is 3. The Labute approximate surface area is 181 Å². The van der Waals surface area contributed by atoms with Crippen LogP contribution in [0.25, 0.3) is 0 Å². The first-order valence-electron chi connectivity index (χ1n) is 10.5. The van der Waals surface area contributed by atoms with Crippen LogP contribution in [0.15, 0.2) is 78.9 Å². The van der Waals surface area contributed by atoms with Crippen LogP contribution in [0.2, 0.25) is 0 Å². The molecule has 6 nitrogen and oxygen atoms in total. The van der Waals surface area contributed by atoms with Gasteiger partial charge in [0.2, 0.25) is 0 Å². The fourth-order valence-corrected chi connectivity index (χ4v) is 4.43. The number of hydrogen-bond donors (Lipinski definition) is 1. The van der Waals surface area contributed by atoms with Gasteiger partial charge in [-0.3, -0.25) is 14.9 Å². The Morgan fingerprint density at radius 2 is 1.48 bits per heavy atom. The molecule has 4 rings (SSSR count). The number of carbonyl (C=O) groups is 1. The zero-order valence-corrected chi connectivity index (χ0v) is 17.5. The van der Waals surface area contributed by atoms with Gasteiger partial charge >= 0.3 is 0 Å². The van der Waals surface area contributed by atoms with E-state index < -0.39 is 4.92 Å². The molecule has 1 aliphatic rings. The fourth-order valence-electron chi connectivity index (χ4n) is 4.43. The minimum Gasteiger partial charge on any atom is -0.355 e. The lowest BCUT2D eigenvalue weighted by atomic mass is 9.96. The fraction of sp³-hybridized carbons (Fsp3) is 0.240. The van der Waals surface area contributed by atoms with E-state index in [1.165, 1.54) is 29.0 Å². The first kappa shape index (κ1) is 20.8. The smallest absolute Gasteiger partial charge is 0.293 e. The average molecular weight is 417 g/mol. The van der Waals surface area contributed by atoms with Crippen molar-refractivity contribution in [2.75, 3.05) is 31.1 Å². The van der Waals surface area contributed by atoms with Crippen LogP contribution in [0.1, 0.15) is 34.5 Å². The molecular weight excluding hydrogens is 390 g/mol. The first-order chi connectivity index (χ1) is 15.0. The second kappa shape index (κ2) is 9.10. The predicted octanol–water partition coefficient (Wildman–Crippen LogP) is 3.29. The Morgan fingerprint density at radius 3 is 1.97 bits per heavy atom. The van der Waals surface area contributed by atoms with Gasteiger partial charge in [-0.1, -0.05) is 60.7 Å². The molecule has 1 aliphatic heterocycles. The van der Waals surface area contributed by atoms with Crippen LogP contribution >= 0.6 is 0 Å². The van der Waals surface area contributed by atoms with E-state index in [-0.39, 0.29) is 17.5 Å². The number of nitrogens with one attached hydrogen (secondary N) is 1. The van der Waals surface area contributed by atoms with E-state index in [2.05, 4.69) is 53.4 Å². The number of Topliss-reactive ketones (excluding diaryl/α,β-unsaturated/α-hetero) is 1. The van der Waals surface area contributed by atoms with Crippen molar-refractivity contribution in [3.05, 3.63) is 106 Å². The third-order valence-electron chi connectivity index (χ3n) is 6.00. The average Bonchev–Trinajstić information content (AvgIpc) is 2.81. The SMILES string of the molecule is CC(=O)c1ccc(N2CC[NH+](C(c3ccccc3)c3ccccc3)CC2)c([N+](=O)[O-])c1. The summed E-state index contributed by atoms with van der Waals surface area (Å²) in [6.07, 6.45) is 0. The first-order valence-corrected chi connectivity index (χ1v) is 10.5. The van der Waals surface area contributed by atoms with Crippen LogP contribution in [0.5, 0.6) is 0 Å². The number of quaternary nitrogens is 1. The summed E-state index contributed by atoms with van der Waals surface area (Å²) >= 11 is 0. The highest BCUT2D eigenvalue weighted by atomic mass is 16.6. The summed E-state index contributed by atoms with van der Waals surface area (Å²) in [4.78, 5) is 26.4. The Bertz CT molecular complexity index is 1020. The van der Waals surface area contributed by atoms with Gasteiger partial charge in [0.15, 0.2) is 5.78 Å². The van der Waals surface area contributed by atoms with Crippen molar-refractivity contribution in [1.82, 2.24) is 0 Å². The predicted molar refractivity (Wildman–Crippen MR) is 121 cm³/mol. The van der Waals surface area contributed by atoms with Crippen molar-refractivity contribution in [1.29, 1.82) is 0 Å². The summed E-state index contributed by atoms with van der Waals surface area (Å²) in [6, 6.07) is 26.0. The number of ketones is 1. The Hall–Kier alpha value is -3.51. The van der Waals surface area contributed by atoms with Crippen molar-refractivity contribution in [2.24, 2.45) is 0 Å². The molecule has 3 aromatic carbocycles. The molecule has 0 atom stereocenters. The summed E-state index contributed by atoms with van der Waals surface area (Å²) in [5.74, 6) is -0.169. The molecule has 1 fully saturated rings. The van der Waals surface area contributed by atoms with Gasteiger partial charge < -0.3 is 9.80 Å². The highest BCUT2D eigenvalue weighted by Crippen LogP contribution is 2.30. The molecule has 1 saturated heterocycles. The third-order valence-corrected chi connectivity index (χ3v) is 6.00. The van der Waals surface area contributed by atoms with Gasteiger partial charge in [0.25, 0.3) is 5.69 Å². The topological polar surface area (TPSA) is 67.9 Å². The van der Waals surface area contributed by atoms with Crippen molar-refractivity contribution in [2.45, 2.75) is 13.0 Å². The third kappa shape index (κ3) is 4.49. The van der Waals surface area contributed by atoms with Crippen molar-refractivity contribution >= 4 is 17.2 Å². The van der Waals surface area contributed by atoms with Crippen LogP contribution in [-0.4, -0.2) is 36.9 Å². The Morgan fingerprint density at radius 1 is 0.935 bits per heavy atom. The number of nitro groups is 1. The molecular formula is C25H26N3O3+. The van der Waals surface area contributed by atoms with E-state index in [0.717, 1.165) is 13.1 Å². The minimum absolute atomic E-state index is 0.00109. The summed E-state index contributed by atoms with van der Waals surface area (Å²) in [7, 11) is 0. The number of nitrogens with zero attached hydrogens (tertiary/aromatic N) is 2. The molecule has 0 unspecified atom stereocenters. The normalized spacial score (nSPS) is 14.6. The maximum Gasteiger partial charge on any atom is 0.293 e. The van der Waals surface area contributed by atoms with E-state index in [9.17, 15) is 14.9 Å². The number of hydrogen-bond acceptors (Lipinski definition) is 4. The molecule has 0 aromatic heterocycles. The van der Waals surface area contributed by atoms with Gasteiger partial charge in [-0.2, -0.15) is 0 Å². The summed E-state index contributed by atoms with van der Waals surface area (Å²) in [5, 5.41) is 11.6. The van der Waals surface area contributed by atoms with Crippen LogP contribution < -0.4 is 9.80 Å². The molecule has 1 N–H and O–H groups in total. The standard InChI is InChI=1S/C25H25N3O3/c1-19(29)22-12-13-23(24(18-22)28(30)31)26-14-16-27(17-15-26)25(20-8-4-2-5-9-20)21-10-6-3-7-11-21/h2-13,18,25H,14-17H2,1H3/p+1. The zero-order valence-electron chi connectivity index (χ0n) is 17.5. The van der Waals surface area contributed by atoms with Crippen LogP contribution in [0.4, 0.5) is 11.4 Å². The molecule has 3 aromatic rings. The van der Waals surface area contributed by atoms with Crippen LogP contribution in [0, 0.1) is 10.1 Å². The van der Waals surface area contributed by atoms with Crippen LogP contribution in [0.3, 0.4) is 0 Å². The van der Waals surface area contributed by atoms with E-state index >= 15 is 0 Å². The number of anilines is 1. The molecule has 0 amide bonds. The highest BCUT2D eigenvalue weighted by Gasteiger charge is 2.32. The molecule has 0 saturated carbocycles. The van der Waals surface area contributed by atoms with Gasteiger partial charge in [-0.05, 0) is 19.1 Å². The Balaban J connectivity index is 1.57. The number of nitro benzene ring substituents is 1. The van der Waals surface area contributed by atoms with Crippen LogP contribution in [-0.2, 0) is 0 Å². The lowest BCUT2D eigenvalue weighted by Gasteiger charge is -2.37. The maximum absolute atomic E-state index is 11.7. The molecule has 0 bridgehead atoms. The molecule has 158 valence electrons. The molecule has 31 heavy (non-hydrogen) atoms. The van der Waals surface area contributed by atoms with E-state index in [1.807, 2.05) is 12.1 Å².